The Bertz CT molecular complexity index is 502. The summed E-state index contributed by atoms with van der Waals surface area (Å²) in [5.74, 6) is -0.0715. The molecule has 0 heterocycles. The van der Waals surface area contributed by atoms with E-state index in [9.17, 15) is 8.42 Å². The molecule has 0 aliphatic carbocycles. The van der Waals surface area contributed by atoms with Crippen LogP contribution < -0.4 is 4.72 Å². The van der Waals surface area contributed by atoms with Crippen molar-refractivity contribution in [3.05, 3.63) is 34.9 Å². The molecule has 0 bridgehead atoms. The summed E-state index contributed by atoms with van der Waals surface area (Å²) in [6, 6.07) is 7.01. The van der Waals surface area contributed by atoms with Crippen molar-refractivity contribution in [2.24, 2.45) is 0 Å². The van der Waals surface area contributed by atoms with Crippen molar-refractivity contribution in [3.8, 4) is 0 Å². The van der Waals surface area contributed by atoms with Gasteiger partial charge in [0.05, 0.1) is 5.75 Å². The van der Waals surface area contributed by atoms with Gasteiger partial charge in [-0.3, -0.25) is 0 Å². The van der Waals surface area contributed by atoms with Crippen LogP contribution in [0.3, 0.4) is 0 Å². The van der Waals surface area contributed by atoms with E-state index in [-0.39, 0.29) is 5.75 Å². The van der Waals surface area contributed by atoms with Crippen molar-refractivity contribution in [3.63, 3.8) is 0 Å². The van der Waals surface area contributed by atoms with Gasteiger partial charge in [0.25, 0.3) is 0 Å². The van der Waals surface area contributed by atoms with Gasteiger partial charge in [0.2, 0.25) is 10.0 Å². The summed E-state index contributed by atoms with van der Waals surface area (Å²) in [6.07, 6.45) is 0.809. The van der Waals surface area contributed by atoms with Gasteiger partial charge >= 0.3 is 0 Å². The maximum Gasteiger partial charge on any atom is 0.215 e. The third kappa shape index (κ3) is 6.22. The van der Waals surface area contributed by atoms with E-state index in [2.05, 4.69) is 23.5 Å². The highest BCUT2D eigenvalue weighted by molar-refractivity contribution is 7.88. The molecule has 114 valence electrons. The molecule has 1 N–H and O–H groups in total. The number of rotatable bonds is 9. The highest BCUT2D eigenvalue weighted by Gasteiger charge is 2.13. The Morgan fingerprint density at radius 2 is 1.85 bits per heavy atom. The topological polar surface area (TPSA) is 49.4 Å². The molecular weight excluding hydrogens is 296 g/mol. The van der Waals surface area contributed by atoms with E-state index in [0.29, 0.717) is 17.1 Å². The first kappa shape index (κ1) is 17.4. The minimum Gasteiger partial charge on any atom is -0.304 e. The lowest BCUT2D eigenvalue weighted by Crippen LogP contribution is -2.30. The second-order valence-corrected chi connectivity index (χ2v) is 6.84. The van der Waals surface area contributed by atoms with Crippen LogP contribution in [0.2, 0.25) is 5.02 Å². The van der Waals surface area contributed by atoms with Gasteiger partial charge in [-0.25, -0.2) is 13.1 Å². The highest BCUT2D eigenvalue weighted by Crippen LogP contribution is 2.17. The van der Waals surface area contributed by atoms with E-state index in [1.165, 1.54) is 0 Å². The second-order valence-electron chi connectivity index (χ2n) is 4.63. The number of benzene rings is 1. The molecule has 6 heteroatoms. The molecule has 0 atom stereocenters. The van der Waals surface area contributed by atoms with E-state index < -0.39 is 10.0 Å². The zero-order chi connectivity index (χ0) is 15.0. The molecule has 0 aliphatic heterocycles. The van der Waals surface area contributed by atoms with E-state index in [4.69, 9.17) is 11.6 Å². The van der Waals surface area contributed by atoms with Crippen molar-refractivity contribution < 1.29 is 8.42 Å². The fraction of sp³-hybridized carbons (Fsp3) is 0.571. The van der Waals surface area contributed by atoms with Crippen LogP contribution in [0.15, 0.2) is 24.3 Å². The normalized spacial score (nSPS) is 12.0. The van der Waals surface area contributed by atoms with Crippen molar-refractivity contribution in [1.82, 2.24) is 9.62 Å². The van der Waals surface area contributed by atoms with Gasteiger partial charge in [-0.2, -0.15) is 0 Å². The first-order chi connectivity index (χ1) is 9.48. The number of hydrogen-bond acceptors (Lipinski definition) is 3. The van der Waals surface area contributed by atoms with Gasteiger partial charge in [0.1, 0.15) is 0 Å². The first-order valence-corrected chi connectivity index (χ1v) is 8.94. The number of nitrogens with zero attached hydrogens (tertiary/aromatic N) is 1. The summed E-state index contributed by atoms with van der Waals surface area (Å²) in [5.41, 5.74) is 0.630. The average molecular weight is 319 g/mol. The Hall–Kier alpha value is -0.620. The number of hydrogen-bond donors (Lipinski definition) is 1. The largest absolute Gasteiger partial charge is 0.304 e. The SMILES string of the molecule is CCN(CC)CCCNS(=O)(=O)Cc1ccccc1Cl. The molecule has 0 unspecified atom stereocenters. The lowest BCUT2D eigenvalue weighted by molar-refractivity contribution is 0.300. The van der Waals surface area contributed by atoms with Crippen LogP contribution in [0, 0.1) is 0 Å². The summed E-state index contributed by atoms with van der Waals surface area (Å²) < 4.78 is 26.5. The molecule has 1 aromatic rings. The standard InChI is InChI=1S/C14H23ClN2O2S/c1-3-17(4-2)11-7-10-16-20(18,19)12-13-8-5-6-9-14(13)15/h5-6,8-9,16H,3-4,7,10-12H2,1-2H3. The highest BCUT2D eigenvalue weighted by atomic mass is 35.5. The van der Waals surface area contributed by atoms with Crippen LogP contribution in [0.5, 0.6) is 0 Å². The predicted molar refractivity (Wildman–Crippen MR) is 84.5 cm³/mol. The molecule has 0 saturated carbocycles. The van der Waals surface area contributed by atoms with E-state index >= 15 is 0 Å². The number of halogens is 1. The summed E-state index contributed by atoms with van der Waals surface area (Å²) >= 11 is 5.97. The Balaban J connectivity index is 2.41. The van der Waals surface area contributed by atoms with Crippen molar-refractivity contribution in [2.75, 3.05) is 26.2 Å². The van der Waals surface area contributed by atoms with Gasteiger partial charge in [-0.05, 0) is 37.7 Å². The van der Waals surface area contributed by atoms with Gasteiger partial charge in [-0.15, -0.1) is 0 Å². The average Bonchev–Trinajstić information content (AvgIpc) is 2.41. The first-order valence-electron chi connectivity index (χ1n) is 6.91. The molecule has 0 amide bonds. The summed E-state index contributed by atoms with van der Waals surface area (Å²) in [7, 11) is -3.32. The van der Waals surface area contributed by atoms with Gasteiger partial charge in [0, 0.05) is 11.6 Å². The molecule has 0 aromatic heterocycles. The fourth-order valence-electron chi connectivity index (χ4n) is 1.94. The number of nitrogens with one attached hydrogen (secondary N) is 1. The molecule has 0 spiro atoms. The van der Waals surface area contributed by atoms with Crippen LogP contribution >= 0.6 is 11.6 Å². The van der Waals surface area contributed by atoms with E-state index in [1.807, 2.05) is 0 Å². The zero-order valence-electron chi connectivity index (χ0n) is 12.1. The summed E-state index contributed by atoms with van der Waals surface area (Å²) in [5, 5.41) is 0.487. The van der Waals surface area contributed by atoms with Crippen molar-refractivity contribution >= 4 is 21.6 Å². The minimum absolute atomic E-state index is 0.0715. The Morgan fingerprint density at radius 1 is 1.20 bits per heavy atom. The lowest BCUT2D eigenvalue weighted by Gasteiger charge is -2.17. The smallest absolute Gasteiger partial charge is 0.215 e. The Kier molecular flexibility index (Phi) is 7.51. The monoisotopic (exact) mass is 318 g/mol. The molecule has 0 aliphatic rings. The van der Waals surface area contributed by atoms with Gasteiger partial charge in [0.15, 0.2) is 0 Å². The van der Waals surface area contributed by atoms with E-state index in [1.54, 1.807) is 24.3 Å². The lowest BCUT2D eigenvalue weighted by atomic mass is 10.2. The third-order valence-electron chi connectivity index (χ3n) is 3.17. The Labute approximate surface area is 127 Å². The molecule has 0 fully saturated rings. The minimum atomic E-state index is -3.32. The second kappa shape index (κ2) is 8.62. The van der Waals surface area contributed by atoms with Crippen LogP contribution in [0.4, 0.5) is 0 Å². The summed E-state index contributed by atoms with van der Waals surface area (Å²) in [6.45, 7) is 7.55. The zero-order valence-corrected chi connectivity index (χ0v) is 13.7. The van der Waals surface area contributed by atoms with E-state index in [0.717, 1.165) is 26.1 Å². The van der Waals surface area contributed by atoms with Gasteiger partial charge < -0.3 is 4.90 Å². The molecule has 1 rings (SSSR count). The maximum atomic E-state index is 12.0. The fourth-order valence-corrected chi connectivity index (χ4v) is 3.44. The maximum absolute atomic E-state index is 12.0. The molecule has 0 saturated heterocycles. The quantitative estimate of drug-likeness (QED) is 0.712. The molecular formula is C14H23ClN2O2S. The molecule has 1 aromatic carbocycles. The van der Waals surface area contributed by atoms with Gasteiger partial charge in [-0.1, -0.05) is 43.6 Å². The predicted octanol–water partition coefficient (Wildman–Crippen LogP) is 2.49. The molecule has 0 radical (unpaired) electrons. The van der Waals surface area contributed by atoms with Crippen LogP contribution in [-0.4, -0.2) is 39.5 Å². The third-order valence-corrected chi connectivity index (χ3v) is 4.87. The Morgan fingerprint density at radius 3 is 2.45 bits per heavy atom. The van der Waals surface area contributed by atoms with Crippen LogP contribution in [0.25, 0.3) is 0 Å². The van der Waals surface area contributed by atoms with Crippen molar-refractivity contribution in [2.45, 2.75) is 26.0 Å². The van der Waals surface area contributed by atoms with Crippen LogP contribution in [0.1, 0.15) is 25.8 Å². The molecule has 20 heavy (non-hydrogen) atoms. The summed E-state index contributed by atoms with van der Waals surface area (Å²) in [4.78, 5) is 2.27. The van der Waals surface area contributed by atoms with Crippen molar-refractivity contribution in [1.29, 1.82) is 0 Å². The number of sulfonamides is 1. The molecule has 4 nitrogen and oxygen atoms in total. The van der Waals surface area contributed by atoms with Crippen LogP contribution in [-0.2, 0) is 15.8 Å².